The van der Waals surface area contributed by atoms with Crippen molar-refractivity contribution in [1.82, 2.24) is 0 Å². The van der Waals surface area contributed by atoms with Crippen LogP contribution >= 0.6 is 0 Å². The first-order valence-corrected chi connectivity index (χ1v) is 7.29. The predicted molar refractivity (Wildman–Crippen MR) is 87.5 cm³/mol. The minimum Gasteiger partial charge on any atom is -0.306 e. The lowest BCUT2D eigenvalue weighted by Gasteiger charge is -2.27. The van der Waals surface area contributed by atoms with Crippen LogP contribution in [0.2, 0.25) is 0 Å². The molecule has 106 valence electrons. The molecule has 3 rings (SSSR count). The van der Waals surface area contributed by atoms with Crippen molar-refractivity contribution >= 4 is 11.6 Å². The first kappa shape index (κ1) is 13.6. The van der Waals surface area contributed by atoms with E-state index < -0.39 is 0 Å². The molecule has 0 aliphatic heterocycles. The normalized spacial score (nSPS) is 12.0. The monoisotopic (exact) mass is 277 g/mol. The molecule has 2 nitrogen and oxygen atoms in total. The number of benzene rings is 2. The number of fused-ring (bicyclic) bond motifs is 3. The van der Waals surface area contributed by atoms with Crippen LogP contribution in [0, 0.1) is 0 Å². The van der Waals surface area contributed by atoms with E-state index in [2.05, 4.69) is 36.9 Å². The number of rotatable bonds is 3. The van der Waals surface area contributed by atoms with E-state index in [-0.39, 0.29) is 11.9 Å². The van der Waals surface area contributed by atoms with Gasteiger partial charge in [-0.3, -0.25) is 4.79 Å². The third-order valence-corrected chi connectivity index (χ3v) is 4.01. The highest BCUT2D eigenvalue weighted by molar-refractivity contribution is 6.03. The summed E-state index contributed by atoms with van der Waals surface area (Å²) in [5, 5.41) is 0. The SMILES string of the molecule is C=CC(=O)N(c1cccc2c1Cc1ccccc1-2)C(C)C. The van der Waals surface area contributed by atoms with Gasteiger partial charge in [0.05, 0.1) is 0 Å². The smallest absolute Gasteiger partial charge is 0.250 e. The standard InChI is InChI=1S/C19H19NO/c1-4-19(21)20(13(2)3)18-11-7-10-16-15-9-6-5-8-14(15)12-17(16)18/h4-11,13H,1,12H2,2-3H3. The minimum atomic E-state index is -0.0469. The number of carbonyl (C=O) groups is 1. The van der Waals surface area contributed by atoms with Gasteiger partial charge in [-0.1, -0.05) is 43.0 Å². The van der Waals surface area contributed by atoms with Gasteiger partial charge < -0.3 is 4.90 Å². The van der Waals surface area contributed by atoms with E-state index in [1.54, 1.807) is 0 Å². The Hall–Kier alpha value is -2.35. The first-order valence-electron chi connectivity index (χ1n) is 7.29. The van der Waals surface area contributed by atoms with Crippen molar-refractivity contribution in [2.24, 2.45) is 0 Å². The average Bonchev–Trinajstić information content (AvgIpc) is 2.86. The summed E-state index contributed by atoms with van der Waals surface area (Å²) in [6, 6.07) is 14.8. The van der Waals surface area contributed by atoms with E-state index in [0.717, 1.165) is 12.1 Å². The third kappa shape index (κ3) is 2.17. The molecule has 0 N–H and O–H groups in total. The van der Waals surface area contributed by atoms with Crippen LogP contribution in [0.1, 0.15) is 25.0 Å². The molecule has 0 bridgehead atoms. The molecule has 21 heavy (non-hydrogen) atoms. The number of anilines is 1. The molecule has 0 saturated heterocycles. The van der Waals surface area contributed by atoms with Crippen LogP contribution in [0.25, 0.3) is 11.1 Å². The summed E-state index contributed by atoms with van der Waals surface area (Å²) in [6.07, 6.45) is 2.27. The van der Waals surface area contributed by atoms with Gasteiger partial charge in [-0.25, -0.2) is 0 Å². The van der Waals surface area contributed by atoms with Gasteiger partial charge in [0.25, 0.3) is 5.91 Å². The Bertz CT molecular complexity index is 715. The summed E-state index contributed by atoms with van der Waals surface area (Å²) in [5.74, 6) is -0.0469. The molecule has 0 fully saturated rings. The Labute approximate surface area is 125 Å². The molecule has 1 aliphatic carbocycles. The van der Waals surface area contributed by atoms with Gasteiger partial charge >= 0.3 is 0 Å². The second-order valence-corrected chi connectivity index (χ2v) is 5.64. The van der Waals surface area contributed by atoms with Crippen molar-refractivity contribution in [3.63, 3.8) is 0 Å². The maximum Gasteiger partial charge on any atom is 0.250 e. The van der Waals surface area contributed by atoms with Crippen molar-refractivity contribution in [2.75, 3.05) is 4.90 Å². The first-order chi connectivity index (χ1) is 10.1. The van der Waals surface area contributed by atoms with Gasteiger partial charge in [0.15, 0.2) is 0 Å². The molecule has 2 aromatic rings. The largest absolute Gasteiger partial charge is 0.306 e. The molecule has 0 saturated carbocycles. The molecular weight excluding hydrogens is 258 g/mol. The second-order valence-electron chi connectivity index (χ2n) is 5.64. The van der Waals surface area contributed by atoms with E-state index in [1.807, 2.05) is 30.9 Å². The quantitative estimate of drug-likeness (QED) is 0.657. The summed E-state index contributed by atoms with van der Waals surface area (Å²) >= 11 is 0. The third-order valence-electron chi connectivity index (χ3n) is 4.01. The Kier molecular flexibility index (Phi) is 3.38. The van der Waals surface area contributed by atoms with Crippen LogP contribution in [-0.4, -0.2) is 11.9 Å². The lowest BCUT2D eigenvalue weighted by Crippen LogP contribution is -2.36. The highest BCUT2D eigenvalue weighted by Crippen LogP contribution is 2.41. The molecule has 0 radical (unpaired) electrons. The molecule has 2 heteroatoms. The number of hydrogen-bond donors (Lipinski definition) is 0. The summed E-state index contributed by atoms with van der Waals surface area (Å²) in [7, 11) is 0. The van der Waals surface area contributed by atoms with Crippen molar-refractivity contribution < 1.29 is 4.79 Å². The Morgan fingerprint density at radius 2 is 1.86 bits per heavy atom. The molecule has 0 spiro atoms. The summed E-state index contributed by atoms with van der Waals surface area (Å²) in [5.41, 5.74) is 6.09. The van der Waals surface area contributed by atoms with Crippen molar-refractivity contribution in [3.05, 3.63) is 66.2 Å². The van der Waals surface area contributed by atoms with Crippen LogP contribution in [0.15, 0.2) is 55.1 Å². The maximum atomic E-state index is 12.2. The van der Waals surface area contributed by atoms with E-state index in [9.17, 15) is 4.79 Å². The van der Waals surface area contributed by atoms with Crippen molar-refractivity contribution in [3.8, 4) is 11.1 Å². The minimum absolute atomic E-state index is 0.0469. The average molecular weight is 277 g/mol. The van der Waals surface area contributed by atoms with E-state index >= 15 is 0 Å². The van der Waals surface area contributed by atoms with Gasteiger partial charge in [0.2, 0.25) is 0 Å². The summed E-state index contributed by atoms with van der Waals surface area (Å²) < 4.78 is 0. The van der Waals surface area contributed by atoms with E-state index in [0.29, 0.717) is 0 Å². The zero-order valence-electron chi connectivity index (χ0n) is 12.5. The Balaban J connectivity index is 2.15. The van der Waals surface area contributed by atoms with Crippen LogP contribution in [0.4, 0.5) is 5.69 Å². The lowest BCUT2D eigenvalue weighted by molar-refractivity contribution is -0.114. The zero-order chi connectivity index (χ0) is 15.0. The summed E-state index contributed by atoms with van der Waals surface area (Å²) in [4.78, 5) is 14.1. The van der Waals surface area contributed by atoms with E-state index in [4.69, 9.17) is 0 Å². The van der Waals surface area contributed by atoms with Gasteiger partial charge in [-0.05, 0) is 48.2 Å². The molecule has 1 amide bonds. The molecule has 1 aliphatic rings. The topological polar surface area (TPSA) is 20.3 Å². The molecule has 2 aromatic carbocycles. The van der Waals surface area contributed by atoms with Crippen molar-refractivity contribution in [1.29, 1.82) is 0 Å². The molecule has 0 aromatic heterocycles. The van der Waals surface area contributed by atoms with Crippen molar-refractivity contribution in [2.45, 2.75) is 26.3 Å². The summed E-state index contributed by atoms with van der Waals surface area (Å²) in [6.45, 7) is 7.69. The lowest BCUT2D eigenvalue weighted by atomic mass is 10.0. The number of nitrogens with zero attached hydrogens (tertiary/aromatic N) is 1. The molecule has 0 atom stereocenters. The van der Waals surface area contributed by atoms with Gasteiger partial charge in [-0.2, -0.15) is 0 Å². The zero-order valence-corrected chi connectivity index (χ0v) is 12.5. The highest BCUT2D eigenvalue weighted by Gasteiger charge is 2.26. The number of carbonyl (C=O) groups excluding carboxylic acids is 1. The maximum absolute atomic E-state index is 12.2. The predicted octanol–water partition coefficient (Wildman–Crippen LogP) is 4.19. The molecule has 0 unspecified atom stereocenters. The second kappa shape index (κ2) is 5.21. The fraction of sp³-hybridized carbons (Fsp3) is 0.211. The van der Waals surface area contributed by atoms with Gasteiger partial charge in [0, 0.05) is 18.2 Å². The van der Waals surface area contributed by atoms with Crippen LogP contribution < -0.4 is 4.90 Å². The van der Waals surface area contributed by atoms with E-state index in [1.165, 1.54) is 28.3 Å². The molecular formula is C19H19NO. The Morgan fingerprint density at radius 3 is 2.57 bits per heavy atom. The van der Waals surface area contributed by atoms with Crippen LogP contribution in [0.3, 0.4) is 0 Å². The Morgan fingerprint density at radius 1 is 1.14 bits per heavy atom. The van der Waals surface area contributed by atoms with Gasteiger partial charge in [-0.15, -0.1) is 0 Å². The fourth-order valence-corrected chi connectivity index (χ4v) is 3.12. The molecule has 0 heterocycles. The number of hydrogen-bond acceptors (Lipinski definition) is 1. The fourth-order valence-electron chi connectivity index (χ4n) is 3.12. The van der Waals surface area contributed by atoms with Crippen LogP contribution in [0.5, 0.6) is 0 Å². The highest BCUT2D eigenvalue weighted by atomic mass is 16.2. The number of amides is 1. The van der Waals surface area contributed by atoms with Crippen LogP contribution in [-0.2, 0) is 11.2 Å². The van der Waals surface area contributed by atoms with Gasteiger partial charge in [0.1, 0.15) is 0 Å².